The lowest BCUT2D eigenvalue weighted by Crippen LogP contribution is -2.42. The van der Waals surface area contributed by atoms with Crippen LogP contribution < -0.4 is 0 Å². The van der Waals surface area contributed by atoms with Crippen molar-refractivity contribution >= 4 is 11.9 Å². The second-order valence-corrected chi connectivity index (χ2v) is 6.48. The van der Waals surface area contributed by atoms with Gasteiger partial charge in [-0.25, -0.2) is 4.79 Å². The van der Waals surface area contributed by atoms with E-state index in [9.17, 15) is 9.59 Å². The summed E-state index contributed by atoms with van der Waals surface area (Å²) >= 11 is 0. The van der Waals surface area contributed by atoms with Gasteiger partial charge in [-0.1, -0.05) is 6.58 Å². The largest absolute Gasteiger partial charge is 0.444 e. The smallest absolute Gasteiger partial charge is 0.410 e. The number of carbonyl (C=O) groups excluding carboxylic acids is 2. The first-order chi connectivity index (χ1) is 10.3. The topological polar surface area (TPSA) is 64.4 Å². The summed E-state index contributed by atoms with van der Waals surface area (Å²) in [5.41, 5.74) is 0.0696. The third-order valence-corrected chi connectivity index (χ3v) is 3.56. The monoisotopic (exact) mass is 305 g/mol. The van der Waals surface area contributed by atoms with Gasteiger partial charge in [0.25, 0.3) is 0 Å². The number of hydrogen-bond donors (Lipinski definition) is 0. The number of rotatable bonds is 3. The number of nitrogens with zero attached hydrogens (tertiary/aromatic N) is 3. The van der Waals surface area contributed by atoms with Crippen molar-refractivity contribution in [1.82, 2.24) is 14.7 Å². The number of piperidine rings is 1. The summed E-state index contributed by atoms with van der Waals surface area (Å²) in [6, 6.07) is 0.199. The van der Waals surface area contributed by atoms with E-state index in [1.165, 1.54) is 6.08 Å². The third-order valence-electron chi connectivity index (χ3n) is 3.56. The molecule has 0 bridgehead atoms. The Morgan fingerprint density at radius 3 is 2.55 bits per heavy atom. The molecular weight excluding hydrogens is 282 g/mol. The zero-order valence-electron chi connectivity index (χ0n) is 13.4. The van der Waals surface area contributed by atoms with Gasteiger partial charge in [0.2, 0.25) is 0 Å². The van der Waals surface area contributed by atoms with Crippen LogP contribution in [-0.2, 0) is 4.74 Å². The molecule has 0 radical (unpaired) electrons. The van der Waals surface area contributed by atoms with Crippen molar-refractivity contribution in [2.45, 2.75) is 45.3 Å². The zero-order valence-corrected chi connectivity index (χ0v) is 13.4. The molecule has 1 saturated heterocycles. The highest BCUT2D eigenvalue weighted by atomic mass is 16.6. The summed E-state index contributed by atoms with van der Waals surface area (Å²) in [6.07, 6.45) is 5.91. The lowest BCUT2D eigenvalue weighted by molar-refractivity contribution is 0.0185. The number of ketones is 1. The quantitative estimate of drug-likeness (QED) is 0.636. The minimum Gasteiger partial charge on any atom is -0.444 e. The molecule has 0 aromatic carbocycles. The Hall–Kier alpha value is -2.11. The van der Waals surface area contributed by atoms with Gasteiger partial charge in [-0.15, -0.1) is 0 Å². The van der Waals surface area contributed by atoms with Crippen LogP contribution in [0.1, 0.15) is 50.0 Å². The van der Waals surface area contributed by atoms with Crippen LogP contribution in [0.4, 0.5) is 4.79 Å². The standard InChI is InChI=1S/C16H23N3O3/c1-5-14(20)12-10-17-19(11-12)13-6-8-18(9-7-13)15(21)22-16(2,3)4/h5,10-11,13H,1,6-9H2,2-4H3. The summed E-state index contributed by atoms with van der Waals surface area (Å²) in [7, 11) is 0. The van der Waals surface area contributed by atoms with Crippen LogP contribution >= 0.6 is 0 Å². The van der Waals surface area contributed by atoms with Crippen LogP contribution in [0, 0.1) is 0 Å². The average Bonchev–Trinajstić information content (AvgIpc) is 2.94. The molecule has 1 amide bonds. The van der Waals surface area contributed by atoms with E-state index in [-0.39, 0.29) is 17.9 Å². The van der Waals surface area contributed by atoms with E-state index in [1.54, 1.807) is 17.3 Å². The lowest BCUT2D eigenvalue weighted by Gasteiger charge is -2.33. The molecule has 2 rings (SSSR count). The first-order valence-corrected chi connectivity index (χ1v) is 7.49. The van der Waals surface area contributed by atoms with Crippen LogP contribution in [0.2, 0.25) is 0 Å². The molecule has 1 aromatic heterocycles. The summed E-state index contributed by atoms with van der Waals surface area (Å²) in [5.74, 6) is -0.127. The lowest BCUT2D eigenvalue weighted by atomic mass is 10.1. The van der Waals surface area contributed by atoms with Crippen LogP contribution in [-0.4, -0.2) is 45.2 Å². The number of likely N-dealkylation sites (tertiary alicyclic amines) is 1. The predicted octanol–water partition coefficient (Wildman–Crippen LogP) is 2.82. The van der Waals surface area contributed by atoms with E-state index in [2.05, 4.69) is 11.7 Å². The van der Waals surface area contributed by atoms with Gasteiger partial charge >= 0.3 is 6.09 Å². The molecule has 1 fully saturated rings. The maximum atomic E-state index is 12.0. The van der Waals surface area contributed by atoms with E-state index >= 15 is 0 Å². The number of hydrogen-bond acceptors (Lipinski definition) is 4. The number of amides is 1. The number of aromatic nitrogens is 2. The van der Waals surface area contributed by atoms with E-state index in [0.717, 1.165) is 12.8 Å². The molecular formula is C16H23N3O3. The van der Waals surface area contributed by atoms with Crippen molar-refractivity contribution < 1.29 is 14.3 Å². The molecule has 2 heterocycles. The van der Waals surface area contributed by atoms with Crippen molar-refractivity contribution in [3.63, 3.8) is 0 Å². The minimum atomic E-state index is -0.476. The van der Waals surface area contributed by atoms with E-state index in [1.807, 2.05) is 25.5 Å². The van der Waals surface area contributed by atoms with Crippen molar-refractivity contribution in [2.75, 3.05) is 13.1 Å². The maximum Gasteiger partial charge on any atom is 0.410 e. The highest BCUT2D eigenvalue weighted by Crippen LogP contribution is 2.23. The molecule has 0 atom stereocenters. The van der Waals surface area contributed by atoms with Gasteiger partial charge < -0.3 is 9.64 Å². The van der Waals surface area contributed by atoms with Crippen LogP contribution in [0.5, 0.6) is 0 Å². The molecule has 1 aliphatic heterocycles. The Labute approximate surface area is 130 Å². The fourth-order valence-electron chi connectivity index (χ4n) is 2.42. The van der Waals surface area contributed by atoms with Gasteiger partial charge in [0.15, 0.2) is 5.78 Å². The Morgan fingerprint density at radius 1 is 1.36 bits per heavy atom. The maximum absolute atomic E-state index is 12.0. The van der Waals surface area contributed by atoms with E-state index < -0.39 is 5.60 Å². The average molecular weight is 305 g/mol. The van der Waals surface area contributed by atoms with E-state index in [0.29, 0.717) is 18.7 Å². The van der Waals surface area contributed by atoms with Gasteiger partial charge in [0, 0.05) is 19.3 Å². The SMILES string of the molecule is C=CC(=O)c1cnn(C2CCN(C(=O)OC(C)(C)C)CC2)c1. The molecule has 6 heteroatoms. The second kappa shape index (κ2) is 6.34. The molecule has 0 spiro atoms. The Bertz CT molecular complexity index is 563. The van der Waals surface area contributed by atoms with Crippen molar-refractivity contribution in [3.05, 3.63) is 30.6 Å². The summed E-state index contributed by atoms with van der Waals surface area (Å²) in [6.45, 7) is 10.3. The summed E-state index contributed by atoms with van der Waals surface area (Å²) in [4.78, 5) is 25.3. The minimum absolute atomic E-state index is 0.127. The molecule has 6 nitrogen and oxygen atoms in total. The normalized spacial score (nSPS) is 16.4. The summed E-state index contributed by atoms with van der Waals surface area (Å²) in [5, 5.41) is 4.25. The van der Waals surface area contributed by atoms with Crippen LogP contribution in [0.3, 0.4) is 0 Å². The van der Waals surface area contributed by atoms with Crippen LogP contribution in [0.15, 0.2) is 25.0 Å². The zero-order chi connectivity index (χ0) is 16.3. The molecule has 0 unspecified atom stereocenters. The number of carbonyl (C=O) groups is 2. The second-order valence-electron chi connectivity index (χ2n) is 6.48. The highest BCUT2D eigenvalue weighted by Gasteiger charge is 2.27. The molecule has 1 aromatic rings. The molecule has 0 saturated carbocycles. The molecule has 120 valence electrons. The molecule has 0 N–H and O–H groups in total. The van der Waals surface area contributed by atoms with E-state index in [4.69, 9.17) is 4.74 Å². The van der Waals surface area contributed by atoms with Gasteiger partial charge in [0.05, 0.1) is 17.8 Å². The van der Waals surface area contributed by atoms with Crippen LogP contribution in [0.25, 0.3) is 0 Å². The Kier molecular flexibility index (Phi) is 4.68. The fourth-order valence-corrected chi connectivity index (χ4v) is 2.42. The first kappa shape index (κ1) is 16.3. The fraction of sp³-hybridized carbons (Fsp3) is 0.562. The molecule has 0 aliphatic carbocycles. The third kappa shape index (κ3) is 3.96. The van der Waals surface area contributed by atoms with Gasteiger partial charge in [0.1, 0.15) is 5.60 Å². The Morgan fingerprint density at radius 2 is 2.00 bits per heavy atom. The van der Waals surface area contributed by atoms with Crippen molar-refractivity contribution in [1.29, 1.82) is 0 Å². The van der Waals surface area contributed by atoms with Crippen molar-refractivity contribution in [3.8, 4) is 0 Å². The first-order valence-electron chi connectivity index (χ1n) is 7.49. The van der Waals surface area contributed by atoms with Gasteiger partial charge in [-0.05, 0) is 39.7 Å². The predicted molar refractivity (Wildman–Crippen MR) is 82.8 cm³/mol. The summed E-state index contributed by atoms with van der Waals surface area (Å²) < 4.78 is 7.19. The van der Waals surface area contributed by atoms with Gasteiger partial charge in [-0.2, -0.15) is 5.10 Å². The highest BCUT2D eigenvalue weighted by molar-refractivity contribution is 6.03. The van der Waals surface area contributed by atoms with Crippen molar-refractivity contribution in [2.24, 2.45) is 0 Å². The Balaban J connectivity index is 1.92. The van der Waals surface area contributed by atoms with Gasteiger partial charge in [-0.3, -0.25) is 9.48 Å². The molecule has 22 heavy (non-hydrogen) atoms. The molecule has 1 aliphatic rings. The number of allylic oxidation sites excluding steroid dienone is 1. The number of ether oxygens (including phenoxy) is 1.